The number of hydrogen-bond donors (Lipinski definition) is 1. The van der Waals surface area contributed by atoms with Crippen molar-refractivity contribution in [2.45, 2.75) is 18.9 Å². The van der Waals surface area contributed by atoms with Gasteiger partial charge in [-0.1, -0.05) is 40.6 Å². The Hall–Kier alpha value is -2.88. The largest absolute Gasteiger partial charge is 0.398 e. The molecule has 0 aromatic heterocycles. The average molecular weight is 286 g/mol. The fraction of sp³-hybridized carbons (Fsp3) is 0.286. The predicted octanol–water partition coefficient (Wildman–Crippen LogP) is 0.974. The number of rotatable bonds is 4. The lowest BCUT2D eigenvalue weighted by Crippen LogP contribution is -2.35. The third kappa shape index (κ3) is 4.04. The molecule has 0 radical (unpaired) electrons. The van der Waals surface area contributed by atoms with Crippen LogP contribution in [0.4, 0.5) is 0 Å². The molecule has 7 heteroatoms. The summed E-state index contributed by atoms with van der Waals surface area (Å²) in [7, 11) is 1.26. The molecule has 2 rings (SSSR count). The first-order valence-corrected chi connectivity index (χ1v) is 6.32. The molecule has 21 heavy (non-hydrogen) atoms. The quantitative estimate of drug-likeness (QED) is 0.659. The van der Waals surface area contributed by atoms with E-state index in [1.165, 1.54) is 7.11 Å². The Morgan fingerprint density at radius 2 is 2.33 bits per heavy atom. The first-order chi connectivity index (χ1) is 10.2. The molecular weight excluding hydrogens is 272 g/mol. The fourth-order valence-corrected chi connectivity index (χ4v) is 1.88. The van der Waals surface area contributed by atoms with E-state index >= 15 is 0 Å². The molecule has 108 valence electrons. The summed E-state index contributed by atoms with van der Waals surface area (Å²) in [6, 6.07) is 11.5. The summed E-state index contributed by atoms with van der Waals surface area (Å²) in [5.41, 5.74) is 0.760. The van der Waals surface area contributed by atoms with Gasteiger partial charge in [-0.2, -0.15) is 5.26 Å². The molecule has 1 aliphatic heterocycles. The van der Waals surface area contributed by atoms with Gasteiger partial charge < -0.3 is 15.0 Å². The van der Waals surface area contributed by atoms with E-state index in [0.717, 1.165) is 5.56 Å². The Labute approximate surface area is 121 Å². The molecule has 0 aliphatic carbocycles. The molecule has 1 atom stereocenters. The molecule has 1 heterocycles. The summed E-state index contributed by atoms with van der Waals surface area (Å²) in [5, 5.41) is 18.4. The first-order valence-electron chi connectivity index (χ1n) is 6.32. The SMILES string of the molecule is CO/N=C(\C#N)C(=O)NC1=NOC(Cc2ccccc2)C1. The highest BCUT2D eigenvalue weighted by Gasteiger charge is 2.24. The van der Waals surface area contributed by atoms with E-state index in [2.05, 4.69) is 20.5 Å². The summed E-state index contributed by atoms with van der Waals surface area (Å²) < 4.78 is 0. The minimum absolute atomic E-state index is 0.132. The van der Waals surface area contributed by atoms with E-state index in [1.54, 1.807) is 6.07 Å². The maximum absolute atomic E-state index is 11.7. The highest BCUT2D eigenvalue weighted by Crippen LogP contribution is 2.14. The maximum Gasteiger partial charge on any atom is 0.289 e. The van der Waals surface area contributed by atoms with Crippen LogP contribution in [-0.4, -0.2) is 30.7 Å². The first kappa shape index (κ1) is 14.5. The average Bonchev–Trinajstić information content (AvgIpc) is 2.92. The Balaban J connectivity index is 1.87. The number of hydrogen-bond acceptors (Lipinski definition) is 6. The minimum atomic E-state index is -0.665. The molecule has 0 saturated carbocycles. The van der Waals surface area contributed by atoms with Crippen molar-refractivity contribution in [1.82, 2.24) is 5.32 Å². The highest BCUT2D eigenvalue weighted by atomic mass is 16.6. The lowest BCUT2D eigenvalue weighted by molar-refractivity contribution is -0.113. The minimum Gasteiger partial charge on any atom is -0.398 e. The van der Waals surface area contributed by atoms with Gasteiger partial charge in [0.1, 0.15) is 19.3 Å². The highest BCUT2D eigenvalue weighted by molar-refractivity contribution is 6.47. The van der Waals surface area contributed by atoms with Crippen molar-refractivity contribution >= 4 is 17.5 Å². The van der Waals surface area contributed by atoms with Crippen LogP contribution >= 0.6 is 0 Å². The van der Waals surface area contributed by atoms with Crippen LogP contribution in [-0.2, 0) is 20.9 Å². The Kier molecular flexibility index (Phi) is 4.88. The van der Waals surface area contributed by atoms with Crippen LogP contribution in [0.5, 0.6) is 0 Å². The zero-order valence-corrected chi connectivity index (χ0v) is 11.4. The second-order valence-electron chi connectivity index (χ2n) is 4.35. The second kappa shape index (κ2) is 7.05. The molecule has 1 aliphatic rings. The summed E-state index contributed by atoms with van der Waals surface area (Å²) in [4.78, 5) is 21.4. The maximum atomic E-state index is 11.7. The normalized spacial score (nSPS) is 17.4. The Bertz CT molecular complexity index is 604. The van der Waals surface area contributed by atoms with Gasteiger partial charge in [0.25, 0.3) is 5.91 Å². The number of benzene rings is 1. The van der Waals surface area contributed by atoms with E-state index in [-0.39, 0.29) is 11.8 Å². The van der Waals surface area contributed by atoms with Crippen LogP contribution in [0.1, 0.15) is 12.0 Å². The molecular formula is C14H14N4O3. The molecule has 1 N–H and O–H groups in total. The van der Waals surface area contributed by atoms with Crippen molar-refractivity contribution in [3.05, 3.63) is 35.9 Å². The van der Waals surface area contributed by atoms with Crippen LogP contribution in [0.15, 0.2) is 40.6 Å². The van der Waals surface area contributed by atoms with E-state index in [4.69, 9.17) is 10.1 Å². The molecule has 1 aromatic rings. The topological polar surface area (TPSA) is 96.1 Å². The van der Waals surface area contributed by atoms with Crippen molar-refractivity contribution in [1.29, 1.82) is 5.26 Å². The van der Waals surface area contributed by atoms with Gasteiger partial charge in [0.15, 0.2) is 5.84 Å². The van der Waals surface area contributed by atoms with Crippen LogP contribution in [0.3, 0.4) is 0 Å². The summed E-state index contributed by atoms with van der Waals surface area (Å²) in [6.45, 7) is 0. The van der Waals surface area contributed by atoms with Gasteiger partial charge in [0, 0.05) is 12.8 Å². The second-order valence-corrected chi connectivity index (χ2v) is 4.35. The molecule has 1 aromatic carbocycles. The van der Waals surface area contributed by atoms with Crippen molar-refractivity contribution in [3.63, 3.8) is 0 Å². The number of carbonyl (C=O) groups excluding carboxylic acids is 1. The fourth-order valence-electron chi connectivity index (χ4n) is 1.88. The van der Waals surface area contributed by atoms with Crippen molar-refractivity contribution in [2.75, 3.05) is 7.11 Å². The molecule has 0 saturated heterocycles. The zero-order chi connectivity index (χ0) is 15.1. The van der Waals surface area contributed by atoms with Crippen molar-refractivity contribution in [3.8, 4) is 6.07 Å². The number of nitrogens with zero attached hydrogens (tertiary/aromatic N) is 3. The van der Waals surface area contributed by atoms with Gasteiger partial charge in [-0.05, 0) is 5.56 Å². The molecule has 0 bridgehead atoms. The van der Waals surface area contributed by atoms with Crippen LogP contribution < -0.4 is 5.32 Å². The van der Waals surface area contributed by atoms with Gasteiger partial charge in [-0.15, -0.1) is 0 Å². The zero-order valence-electron chi connectivity index (χ0n) is 11.4. The van der Waals surface area contributed by atoms with Gasteiger partial charge in [-0.3, -0.25) is 4.79 Å². The standard InChI is InChI=1S/C14H14N4O3/c1-20-17-12(9-15)14(19)16-13-8-11(21-18-13)7-10-5-3-2-4-6-10/h2-6,11H,7-8H2,1H3,(H,16,18,19)/b17-12+. The lowest BCUT2D eigenvalue weighted by atomic mass is 10.1. The van der Waals surface area contributed by atoms with Crippen molar-refractivity contribution in [2.24, 2.45) is 10.3 Å². The number of nitriles is 1. The van der Waals surface area contributed by atoms with Gasteiger partial charge in [0.05, 0.1) is 0 Å². The predicted molar refractivity (Wildman–Crippen MR) is 75.3 cm³/mol. The van der Waals surface area contributed by atoms with E-state index in [0.29, 0.717) is 18.7 Å². The lowest BCUT2D eigenvalue weighted by Gasteiger charge is -2.07. The molecule has 0 fully saturated rings. The Morgan fingerprint density at radius 1 is 1.57 bits per heavy atom. The van der Waals surface area contributed by atoms with Gasteiger partial charge in [0.2, 0.25) is 5.71 Å². The number of amides is 1. The third-order valence-electron chi connectivity index (χ3n) is 2.80. The summed E-state index contributed by atoms with van der Waals surface area (Å²) in [6.07, 6.45) is 1.03. The number of oxime groups is 2. The summed E-state index contributed by atoms with van der Waals surface area (Å²) in [5.74, 6) is -0.290. The molecule has 1 amide bonds. The number of amidine groups is 1. The third-order valence-corrected chi connectivity index (χ3v) is 2.80. The van der Waals surface area contributed by atoms with Gasteiger partial charge in [-0.25, -0.2) is 0 Å². The van der Waals surface area contributed by atoms with Crippen LogP contribution in [0.2, 0.25) is 0 Å². The van der Waals surface area contributed by atoms with Crippen LogP contribution in [0.25, 0.3) is 0 Å². The van der Waals surface area contributed by atoms with E-state index < -0.39 is 5.91 Å². The monoisotopic (exact) mass is 286 g/mol. The van der Waals surface area contributed by atoms with E-state index in [9.17, 15) is 4.79 Å². The molecule has 1 unspecified atom stereocenters. The van der Waals surface area contributed by atoms with Gasteiger partial charge >= 0.3 is 0 Å². The van der Waals surface area contributed by atoms with Crippen LogP contribution in [0, 0.1) is 11.3 Å². The van der Waals surface area contributed by atoms with Crippen molar-refractivity contribution < 1.29 is 14.5 Å². The number of nitrogens with one attached hydrogen (secondary N) is 1. The Morgan fingerprint density at radius 3 is 3.00 bits per heavy atom. The van der Waals surface area contributed by atoms with E-state index in [1.807, 2.05) is 30.3 Å². The smallest absolute Gasteiger partial charge is 0.289 e. The molecule has 7 nitrogen and oxygen atoms in total. The summed E-state index contributed by atoms with van der Waals surface area (Å²) >= 11 is 0. The molecule has 0 spiro atoms. The number of carbonyl (C=O) groups is 1.